The number of anilines is 1. The molecular weight excluding hydrogens is 400 g/mol. The smallest absolute Gasteiger partial charge is 0.253 e. The number of hydrogen-bond donors (Lipinski definition) is 0. The summed E-state index contributed by atoms with van der Waals surface area (Å²) in [6.07, 6.45) is 3.85. The second-order valence-electron chi connectivity index (χ2n) is 9.22. The van der Waals surface area contributed by atoms with Crippen LogP contribution in [0.1, 0.15) is 48.8 Å². The maximum absolute atomic E-state index is 13.1. The van der Waals surface area contributed by atoms with Crippen molar-refractivity contribution in [1.29, 1.82) is 0 Å². The van der Waals surface area contributed by atoms with Crippen LogP contribution < -0.4 is 4.90 Å². The van der Waals surface area contributed by atoms with Gasteiger partial charge in [0, 0.05) is 68.7 Å². The highest BCUT2D eigenvalue weighted by Gasteiger charge is 2.27. The lowest BCUT2D eigenvalue weighted by Crippen LogP contribution is -2.48. The van der Waals surface area contributed by atoms with Crippen LogP contribution in [0.15, 0.2) is 48.7 Å². The Morgan fingerprint density at radius 2 is 1.62 bits per heavy atom. The molecule has 5 rings (SSSR count). The summed E-state index contributed by atoms with van der Waals surface area (Å²) in [6, 6.07) is 14.8. The monoisotopic (exact) mass is 432 g/mol. The molecule has 0 saturated carbocycles. The van der Waals surface area contributed by atoms with Gasteiger partial charge in [0.25, 0.3) is 5.91 Å². The van der Waals surface area contributed by atoms with Crippen LogP contribution >= 0.6 is 0 Å². The fourth-order valence-electron chi connectivity index (χ4n) is 4.97. The highest BCUT2D eigenvalue weighted by molar-refractivity contribution is 5.94. The summed E-state index contributed by atoms with van der Waals surface area (Å²) in [5.41, 5.74) is 2.87. The van der Waals surface area contributed by atoms with Gasteiger partial charge in [-0.3, -0.25) is 14.1 Å². The van der Waals surface area contributed by atoms with Crippen molar-refractivity contribution in [2.24, 2.45) is 0 Å². The predicted octanol–water partition coefficient (Wildman–Crippen LogP) is 3.28. The fourth-order valence-corrected chi connectivity index (χ4v) is 4.97. The molecule has 7 heteroatoms. The van der Waals surface area contributed by atoms with E-state index in [0.717, 1.165) is 69.1 Å². The summed E-state index contributed by atoms with van der Waals surface area (Å²) in [7, 11) is 0. The van der Waals surface area contributed by atoms with Crippen molar-refractivity contribution in [3.8, 4) is 0 Å². The lowest BCUT2D eigenvalue weighted by atomic mass is 9.95. The van der Waals surface area contributed by atoms with Crippen molar-refractivity contribution in [3.63, 3.8) is 0 Å². The van der Waals surface area contributed by atoms with E-state index in [1.807, 2.05) is 41.4 Å². The minimum absolute atomic E-state index is 0.130. The number of hydrogen-bond acceptors (Lipinski definition) is 5. The molecule has 1 aromatic carbocycles. The van der Waals surface area contributed by atoms with Crippen molar-refractivity contribution < 1.29 is 4.79 Å². The zero-order chi connectivity index (χ0) is 22.1. The number of aromatic nitrogens is 3. The number of piperazine rings is 1. The first-order valence-electron chi connectivity index (χ1n) is 11.8. The molecule has 2 aliphatic heterocycles. The molecular formula is C25H32N6O. The third-order valence-electron chi connectivity index (χ3n) is 7.01. The topological polar surface area (TPSA) is 57.0 Å². The number of carbonyl (C=O) groups is 1. The lowest BCUT2D eigenvalue weighted by molar-refractivity contribution is 0.0711. The molecule has 2 aliphatic rings. The molecule has 0 atom stereocenters. The Bertz CT molecular complexity index is 1060. The molecule has 168 valence electrons. The molecule has 0 N–H and O–H groups in total. The Hall–Kier alpha value is -2.93. The van der Waals surface area contributed by atoms with Crippen molar-refractivity contribution >= 4 is 17.2 Å². The molecule has 0 aliphatic carbocycles. The maximum Gasteiger partial charge on any atom is 0.253 e. The third-order valence-corrected chi connectivity index (χ3v) is 7.01. The van der Waals surface area contributed by atoms with E-state index in [4.69, 9.17) is 0 Å². The molecule has 0 unspecified atom stereocenters. The highest BCUT2D eigenvalue weighted by atomic mass is 16.2. The number of fused-ring (bicyclic) bond motifs is 1. The average Bonchev–Trinajstić information content (AvgIpc) is 3.28. The Balaban J connectivity index is 1.18. The zero-order valence-corrected chi connectivity index (χ0v) is 19.0. The summed E-state index contributed by atoms with van der Waals surface area (Å²) in [4.78, 5) is 20.0. The molecule has 2 aromatic heterocycles. The van der Waals surface area contributed by atoms with E-state index in [1.165, 1.54) is 5.69 Å². The van der Waals surface area contributed by atoms with Crippen LogP contribution in [0.4, 0.5) is 5.69 Å². The fraction of sp³-hybridized carbons (Fsp3) is 0.480. The van der Waals surface area contributed by atoms with Gasteiger partial charge in [0.15, 0.2) is 5.65 Å². The summed E-state index contributed by atoms with van der Waals surface area (Å²) >= 11 is 0. The van der Waals surface area contributed by atoms with E-state index in [-0.39, 0.29) is 5.91 Å². The molecule has 0 radical (unpaired) electrons. The van der Waals surface area contributed by atoms with Crippen LogP contribution in [0, 0.1) is 0 Å². The second-order valence-corrected chi connectivity index (χ2v) is 9.22. The van der Waals surface area contributed by atoms with E-state index in [0.29, 0.717) is 12.0 Å². The van der Waals surface area contributed by atoms with E-state index in [2.05, 4.69) is 50.4 Å². The normalized spacial score (nSPS) is 18.6. The summed E-state index contributed by atoms with van der Waals surface area (Å²) in [5, 5.41) is 8.70. The van der Waals surface area contributed by atoms with Crippen molar-refractivity contribution in [3.05, 3.63) is 60.0 Å². The zero-order valence-electron chi connectivity index (χ0n) is 19.0. The van der Waals surface area contributed by atoms with Gasteiger partial charge in [0.05, 0.1) is 0 Å². The van der Waals surface area contributed by atoms with Gasteiger partial charge < -0.3 is 9.80 Å². The van der Waals surface area contributed by atoms with Gasteiger partial charge in [0.1, 0.15) is 5.82 Å². The summed E-state index contributed by atoms with van der Waals surface area (Å²) in [6.45, 7) is 10.3. The Labute approximate surface area is 189 Å². The van der Waals surface area contributed by atoms with Gasteiger partial charge in [-0.1, -0.05) is 6.07 Å². The number of benzene rings is 1. The summed E-state index contributed by atoms with van der Waals surface area (Å²) < 4.78 is 2.07. The van der Waals surface area contributed by atoms with E-state index < -0.39 is 0 Å². The van der Waals surface area contributed by atoms with Crippen LogP contribution in [0.5, 0.6) is 0 Å². The molecule has 0 bridgehead atoms. The largest absolute Gasteiger partial charge is 0.369 e. The number of amides is 1. The van der Waals surface area contributed by atoms with Crippen LogP contribution in [-0.2, 0) is 0 Å². The van der Waals surface area contributed by atoms with Crippen LogP contribution in [0.3, 0.4) is 0 Å². The SMILES string of the molecule is CC(C)N1CCN(c2ccc(C(=O)N3CCC(c4nnc5ccccn45)CC3)cc2)CC1. The number of pyridine rings is 1. The first-order chi connectivity index (χ1) is 15.6. The number of likely N-dealkylation sites (tertiary alicyclic amines) is 1. The lowest BCUT2D eigenvalue weighted by Gasteiger charge is -2.38. The first kappa shape index (κ1) is 20.9. The van der Waals surface area contributed by atoms with Crippen molar-refractivity contribution in [2.75, 3.05) is 44.2 Å². The van der Waals surface area contributed by atoms with Crippen LogP contribution in [0.25, 0.3) is 5.65 Å². The van der Waals surface area contributed by atoms with Gasteiger partial charge >= 0.3 is 0 Å². The number of carbonyl (C=O) groups excluding carboxylic acids is 1. The Kier molecular flexibility index (Phi) is 5.83. The van der Waals surface area contributed by atoms with Crippen LogP contribution in [0.2, 0.25) is 0 Å². The minimum Gasteiger partial charge on any atom is -0.369 e. The predicted molar refractivity (Wildman–Crippen MR) is 126 cm³/mol. The standard InChI is InChI=1S/C25H32N6O/c1-19(2)28-15-17-29(18-16-28)22-8-6-21(7-9-22)25(32)30-13-10-20(11-14-30)24-27-26-23-5-3-4-12-31(23)24/h3-9,12,19-20H,10-11,13-18H2,1-2H3. The Morgan fingerprint density at radius 3 is 2.31 bits per heavy atom. The van der Waals surface area contributed by atoms with Gasteiger partial charge in [-0.2, -0.15) is 0 Å². The summed E-state index contributed by atoms with van der Waals surface area (Å²) in [5.74, 6) is 1.48. The van der Waals surface area contributed by atoms with E-state index in [9.17, 15) is 4.79 Å². The van der Waals surface area contributed by atoms with E-state index >= 15 is 0 Å². The molecule has 4 heterocycles. The maximum atomic E-state index is 13.1. The second kappa shape index (κ2) is 8.90. The molecule has 7 nitrogen and oxygen atoms in total. The van der Waals surface area contributed by atoms with Gasteiger partial charge in [-0.15, -0.1) is 10.2 Å². The molecule has 1 amide bonds. The Morgan fingerprint density at radius 1 is 0.906 bits per heavy atom. The van der Waals surface area contributed by atoms with Crippen molar-refractivity contribution in [1.82, 2.24) is 24.4 Å². The molecule has 3 aromatic rings. The average molecular weight is 433 g/mol. The quantitative estimate of drug-likeness (QED) is 0.633. The van der Waals surface area contributed by atoms with E-state index in [1.54, 1.807) is 0 Å². The third kappa shape index (κ3) is 4.09. The van der Waals surface area contributed by atoms with Gasteiger partial charge in [-0.05, 0) is 63.1 Å². The highest BCUT2D eigenvalue weighted by Crippen LogP contribution is 2.28. The van der Waals surface area contributed by atoms with Crippen molar-refractivity contribution in [2.45, 2.75) is 38.6 Å². The number of piperidine rings is 1. The molecule has 2 fully saturated rings. The first-order valence-corrected chi connectivity index (χ1v) is 11.8. The molecule has 32 heavy (non-hydrogen) atoms. The number of rotatable bonds is 4. The molecule has 2 saturated heterocycles. The number of nitrogens with zero attached hydrogens (tertiary/aromatic N) is 6. The van der Waals surface area contributed by atoms with Gasteiger partial charge in [0.2, 0.25) is 0 Å². The molecule has 0 spiro atoms. The van der Waals surface area contributed by atoms with Gasteiger partial charge in [-0.25, -0.2) is 0 Å². The van der Waals surface area contributed by atoms with Crippen LogP contribution in [-0.4, -0.2) is 75.6 Å². The minimum atomic E-state index is 0.130.